The Hall–Kier alpha value is -2.10. The van der Waals surface area contributed by atoms with Gasteiger partial charge in [0, 0.05) is 5.56 Å². The molecule has 1 aromatic heterocycles. The first kappa shape index (κ1) is 10.4. The lowest BCUT2D eigenvalue weighted by Gasteiger charge is -2.03. The molecule has 0 aliphatic carbocycles. The lowest BCUT2D eigenvalue weighted by atomic mass is 10.2. The number of carbonyl (C=O) groups excluding carboxylic acids is 1. The van der Waals surface area contributed by atoms with Crippen LogP contribution in [0, 0.1) is 6.92 Å². The van der Waals surface area contributed by atoms with E-state index >= 15 is 0 Å². The lowest BCUT2D eigenvalue weighted by Crippen LogP contribution is -2.07. The molecule has 1 heterocycles. The molecular weight excluding hydrogens is 204 g/mol. The maximum atomic E-state index is 11.6. The van der Waals surface area contributed by atoms with E-state index in [1.807, 2.05) is 37.3 Å². The zero-order valence-corrected chi connectivity index (χ0v) is 8.93. The second-order valence-corrected chi connectivity index (χ2v) is 3.49. The molecule has 2 rings (SSSR count). The van der Waals surface area contributed by atoms with Crippen molar-refractivity contribution in [1.29, 1.82) is 0 Å². The average Bonchev–Trinajstić information content (AvgIpc) is 2.74. The van der Waals surface area contributed by atoms with E-state index in [0.29, 0.717) is 5.69 Å². The number of ether oxygens (including phenoxy) is 1. The number of carbonyl (C=O) groups is 1. The first-order valence-electron chi connectivity index (χ1n) is 4.98. The number of aryl methyl sites for hydroxylation is 1. The van der Waals surface area contributed by atoms with Gasteiger partial charge in [-0.3, -0.25) is 5.10 Å². The van der Waals surface area contributed by atoms with Gasteiger partial charge in [0.2, 0.25) is 0 Å². The Morgan fingerprint density at radius 3 is 2.75 bits per heavy atom. The molecule has 1 N–H and O–H groups in total. The molecule has 4 heteroatoms. The van der Waals surface area contributed by atoms with Gasteiger partial charge >= 0.3 is 5.97 Å². The molecule has 0 saturated carbocycles. The summed E-state index contributed by atoms with van der Waals surface area (Å²) in [6.07, 6.45) is 1.60. The molecule has 0 aliphatic heterocycles. The quantitative estimate of drug-likeness (QED) is 0.799. The van der Waals surface area contributed by atoms with E-state index in [1.165, 1.54) is 0 Å². The Kier molecular flexibility index (Phi) is 3.00. The topological polar surface area (TPSA) is 55.0 Å². The highest BCUT2D eigenvalue weighted by atomic mass is 16.5. The molecule has 0 fully saturated rings. The number of aromatic nitrogens is 2. The third kappa shape index (κ3) is 2.28. The Morgan fingerprint density at radius 2 is 2.12 bits per heavy atom. The van der Waals surface area contributed by atoms with Gasteiger partial charge in [-0.15, -0.1) is 0 Å². The predicted molar refractivity (Wildman–Crippen MR) is 58.9 cm³/mol. The summed E-state index contributed by atoms with van der Waals surface area (Å²) in [6, 6.07) is 9.56. The van der Waals surface area contributed by atoms with Crippen LogP contribution in [0.15, 0.2) is 36.5 Å². The average molecular weight is 216 g/mol. The van der Waals surface area contributed by atoms with Crippen molar-refractivity contribution in [3.63, 3.8) is 0 Å². The van der Waals surface area contributed by atoms with E-state index in [0.717, 1.165) is 11.1 Å². The summed E-state index contributed by atoms with van der Waals surface area (Å²) in [7, 11) is 0. The molecule has 0 aliphatic rings. The molecule has 0 atom stereocenters. The van der Waals surface area contributed by atoms with Crippen LogP contribution >= 0.6 is 0 Å². The summed E-state index contributed by atoms with van der Waals surface area (Å²) in [5, 5.41) is 6.39. The Labute approximate surface area is 93.3 Å². The standard InChI is InChI=1S/C12H12N2O2/c1-9-7-13-14-11(9)12(15)16-8-10-5-3-2-4-6-10/h2-7H,8H2,1H3,(H,13,14). The highest BCUT2D eigenvalue weighted by Gasteiger charge is 2.11. The molecule has 0 spiro atoms. The van der Waals surface area contributed by atoms with E-state index in [-0.39, 0.29) is 12.6 Å². The Balaban J connectivity index is 1.97. The van der Waals surface area contributed by atoms with E-state index in [2.05, 4.69) is 10.2 Å². The van der Waals surface area contributed by atoms with E-state index in [4.69, 9.17) is 4.74 Å². The van der Waals surface area contributed by atoms with Gasteiger partial charge in [0.25, 0.3) is 0 Å². The van der Waals surface area contributed by atoms with E-state index in [9.17, 15) is 4.79 Å². The summed E-state index contributed by atoms with van der Waals surface area (Å²) in [6.45, 7) is 2.08. The van der Waals surface area contributed by atoms with Crippen LogP contribution in [0.3, 0.4) is 0 Å². The molecule has 16 heavy (non-hydrogen) atoms. The predicted octanol–water partition coefficient (Wildman–Crippen LogP) is 2.08. The maximum Gasteiger partial charge on any atom is 0.356 e. The number of benzene rings is 1. The van der Waals surface area contributed by atoms with Crippen molar-refractivity contribution in [2.45, 2.75) is 13.5 Å². The van der Waals surface area contributed by atoms with Crippen LogP contribution < -0.4 is 0 Å². The number of hydrogen-bond donors (Lipinski definition) is 1. The fraction of sp³-hybridized carbons (Fsp3) is 0.167. The number of rotatable bonds is 3. The number of nitrogens with zero attached hydrogens (tertiary/aromatic N) is 1. The Bertz CT molecular complexity index is 477. The minimum atomic E-state index is -0.376. The highest BCUT2D eigenvalue weighted by molar-refractivity contribution is 5.88. The largest absolute Gasteiger partial charge is 0.456 e. The van der Waals surface area contributed by atoms with Gasteiger partial charge in [0.05, 0.1) is 6.20 Å². The van der Waals surface area contributed by atoms with Gasteiger partial charge in [-0.1, -0.05) is 30.3 Å². The number of hydrogen-bond acceptors (Lipinski definition) is 3. The number of nitrogens with one attached hydrogen (secondary N) is 1. The van der Waals surface area contributed by atoms with Crippen LogP contribution in [-0.2, 0) is 11.3 Å². The summed E-state index contributed by atoms with van der Waals surface area (Å²) in [5.41, 5.74) is 2.17. The molecule has 1 aromatic carbocycles. The zero-order valence-electron chi connectivity index (χ0n) is 8.93. The summed E-state index contributed by atoms with van der Waals surface area (Å²) in [5.74, 6) is -0.376. The van der Waals surface area contributed by atoms with Crippen LogP contribution in [0.4, 0.5) is 0 Å². The minimum absolute atomic E-state index is 0.276. The van der Waals surface area contributed by atoms with Crippen molar-refractivity contribution in [1.82, 2.24) is 10.2 Å². The van der Waals surface area contributed by atoms with Gasteiger partial charge in [-0.2, -0.15) is 5.10 Å². The molecule has 4 nitrogen and oxygen atoms in total. The van der Waals surface area contributed by atoms with Gasteiger partial charge in [0.1, 0.15) is 12.3 Å². The van der Waals surface area contributed by atoms with Gasteiger partial charge < -0.3 is 4.74 Å². The van der Waals surface area contributed by atoms with Gasteiger partial charge in [-0.25, -0.2) is 4.79 Å². The maximum absolute atomic E-state index is 11.6. The lowest BCUT2D eigenvalue weighted by molar-refractivity contribution is 0.0465. The fourth-order valence-corrected chi connectivity index (χ4v) is 1.35. The number of H-pyrrole nitrogens is 1. The van der Waals surface area contributed by atoms with E-state index < -0.39 is 0 Å². The van der Waals surface area contributed by atoms with Crippen molar-refractivity contribution in [2.75, 3.05) is 0 Å². The van der Waals surface area contributed by atoms with Gasteiger partial charge in [0.15, 0.2) is 0 Å². The molecule has 2 aromatic rings. The van der Waals surface area contributed by atoms with Crippen LogP contribution in [0.1, 0.15) is 21.6 Å². The monoisotopic (exact) mass is 216 g/mol. The minimum Gasteiger partial charge on any atom is -0.456 e. The smallest absolute Gasteiger partial charge is 0.356 e. The second kappa shape index (κ2) is 4.61. The van der Waals surface area contributed by atoms with Crippen molar-refractivity contribution in [3.05, 3.63) is 53.3 Å². The SMILES string of the molecule is Cc1cn[nH]c1C(=O)OCc1ccccc1. The number of aromatic amines is 1. The molecule has 0 unspecified atom stereocenters. The summed E-state index contributed by atoms with van der Waals surface area (Å²) >= 11 is 0. The van der Waals surface area contributed by atoms with Crippen molar-refractivity contribution in [3.8, 4) is 0 Å². The Morgan fingerprint density at radius 1 is 1.38 bits per heavy atom. The fourth-order valence-electron chi connectivity index (χ4n) is 1.35. The highest BCUT2D eigenvalue weighted by Crippen LogP contribution is 2.07. The van der Waals surface area contributed by atoms with Crippen molar-refractivity contribution < 1.29 is 9.53 Å². The van der Waals surface area contributed by atoms with Crippen LogP contribution in [0.5, 0.6) is 0 Å². The third-order valence-electron chi connectivity index (χ3n) is 2.25. The third-order valence-corrected chi connectivity index (χ3v) is 2.25. The van der Waals surface area contributed by atoms with E-state index in [1.54, 1.807) is 6.20 Å². The molecule has 0 bridgehead atoms. The van der Waals surface area contributed by atoms with Crippen LogP contribution in [-0.4, -0.2) is 16.2 Å². The number of esters is 1. The molecule has 0 saturated heterocycles. The molecular formula is C12H12N2O2. The molecule has 0 radical (unpaired) electrons. The molecule has 0 amide bonds. The van der Waals surface area contributed by atoms with Crippen LogP contribution in [0.25, 0.3) is 0 Å². The van der Waals surface area contributed by atoms with Crippen molar-refractivity contribution in [2.24, 2.45) is 0 Å². The van der Waals surface area contributed by atoms with Crippen LogP contribution in [0.2, 0.25) is 0 Å². The first-order valence-corrected chi connectivity index (χ1v) is 4.98. The molecule has 82 valence electrons. The van der Waals surface area contributed by atoms with Gasteiger partial charge in [-0.05, 0) is 12.5 Å². The van der Waals surface area contributed by atoms with Crippen molar-refractivity contribution >= 4 is 5.97 Å². The summed E-state index contributed by atoms with van der Waals surface area (Å²) in [4.78, 5) is 11.6. The normalized spacial score (nSPS) is 10.1. The summed E-state index contributed by atoms with van der Waals surface area (Å²) < 4.78 is 5.14. The zero-order chi connectivity index (χ0) is 11.4. The second-order valence-electron chi connectivity index (χ2n) is 3.49. The first-order chi connectivity index (χ1) is 7.77.